The van der Waals surface area contributed by atoms with Crippen LogP contribution in [0.3, 0.4) is 0 Å². The molecule has 0 N–H and O–H groups in total. The highest BCUT2D eigenvalue weighted by atomic mass is 32.2. The van der Waals surface area contributed by atoms with Crippen molar-refractivity contribution in [2.24, 2.45) is 0 Å². The minimum Gasteiger partial charge on any atom is -0.292 e. The quantitative estimate of drug-likeness (QED) is 0.810. The molecule has 1 aromatic carbocycles. The van der Waals surface area contributed by atoms with E-state index in [0.29, 0.717) is 10.7 Å². The number of hydrogen-bond acceptors (Lipinski definition) is 5. The number of carbonyl (C=O) groups is 1. The van der Waals surface area contributed by atoms with Gasteiger partial charge in [-0.3, -0.25) is 4.79 Å². The number of thiazole rings is 1. The van der Waals surface area contributed by atoms with E-state index in [4.69, 9.17) is 0 Å². The van der Waals surface area contributed by atoms with E-state index in [1.807, 2.05) is 0 Å². The van der Waals surface area contributed by atoms with Crippen molar-refractivity contribution in [2.45, 2.75) is 11.8 Å². The number of hydrogen-bond donors (Lipinski definition) is 0. The first-order chi connectivity index (χ1) is 8.38. The molecule has 2 rings (SSSR count). The molecular weight excluding hydrogens is 270 g/mol. The fraction of sp³-hybridized carbons (Fsp3) is 0.167. The maximum absolute atomic E-state index is 11.3. The number of rotatable bonds is 3. The Morgan fingerprint density at radius 1 is 1.22 bits per heavy atom. The summed E-state index contributed by atoms with van der Waals surface area (Å²) in [6.45, 7) is 1.47. The van der Waals surface area contributed by atoms with Crippen molar-refractivity contribution < 1.29 is 13.2 Å². The first-order valence-corrected chi connectivity index (χ1v) is 7.92. The lowest BCUT2D eigenvalue weighted by atomic mass is 10.2. The minimum absolute atomic E-state index is 0.0704. The molecule has 0 aliphatic rings. The summed E-state index contributed by atoms with van der Waals surface area (Å²) >= 11 is 1.28. The van der Waals surface area contributed by atoms with Gasteiger partial charge in [0, 0.05) is 24.1 Å². The van der Waals surface area contributed by atoms with Gasteiger partial charge in [0.25, 0.3) is 0 Å². The van der Waals surface area contributed by atoms with E-state index in [-0.39, 0.29) is 10.7 Å². The van der Waals surface area contributed by atoms with E-state index in [0.717, 1.165) is 5.56 Å². The molecule has 4 nitrogen and oxygen atoms in total. The van der Waals surface area contributed by atoms with Gasteiger partial charge in [0.15, 0.2) is 20.6 Å². The number of aromatic nitrogens is 1. The molecule has 0 saturated heterocycles. The third kappa shape index (κ3) is 2.65. The van der Waals surface area contributed by atoms with Crippen molar-refractivity contribution in [1.29, 1.82) is 0 Å². The summed E-state index contributed by atoms with van der Waals surface area (Å²) in [5.74, 6) is -0.0704. The van der Waals surface area contributed by atoms with Crippen molar-refractivity contribution in [2.75, 3.05) is 6.26 Å². The highest BCUT2D eigenvalue weighted by molar-refractivity contribution is 7.90. The molecule has 0 aliphatic carbocycles. The van der Waals surface area contributed by atoms with E-state index < -0.39 is 9.84 Å². The Labute approximate surface area is 109 Å². The molecule has 0 fully saturated rings. The molecule has 0 unspecified atom stereocenters. The summed E-state index contributed by atoms with van der Waals surface area (Å²) in [4.78, 5) is 15.6. The van der Waals surface area contributed by atoms with Gasteiger partial charge in [-0.15, -0.1) is 11.3 Å². The molecule has 0 amide bonds. The fourth-order valence-electron chi connectivity index (χ4n) is 1.44. The van der Waals surface area contributed by atoms with Crippen molar-refractivity contribution >= 4 is 27.0 Å². The molecule has 94 valence electrons. The number of ketones is 1. The average molecular weight is 281 g/mol. The molecule has 18 heavy (non-hydrogen) atoms. The fourth-order valence-corrected chi connectivity index (χ4v) is 2.80. The van der Waals surface area contributed by atoms with Crippen LogP contribution in [0.15, 0.2) is 34.5 Å². The van der Waals surface area contributed by atoms with Crippen LogP contribution in [0.2, 0.25) is 0 Å². The van der Waals surface area contributed by atoms with E-state index >= 15 is 0 Å². The van der Waals surface area contributed by atoms with Crippen LogP contribution in [0.1, 0.15) is 16.7 Å². The first kappa shape index (κ1) is 12.9. The van der Waals surface area contributed by atoms with E-state index in [1.54, 1.807) is 17.5 Å². The molecule has 0 spiro atoms. The Morgan fingerprint density at radius 3 is 2.28 bits per heavy atom. The predicted octanol–water partition coefficient (Wildman–Crippen LogP) is 2.42. The highest BCUT2D eigenvalue weighted by Gasteiger charge is 2.10. The van der Waals surface area contributed by atoms with E-state index in [2.05, 4.69) is 4.98 Å². The lowest BCUT2D eigenvalue weighted by Crippen LogP contribution is -1.96. The smallest absolute Gasteiger partial charge is 0.188 e. The van der Waals surface area contributed by atoms with Crippen molar-refractivity contribution in [3.63, 3.8) is 0 Å². The summed E-state index contributed by atoms with van der Waals surface area (Å²) in [6.07, 6.45) is 1.17. The van der Waals surface area contributed by atoms with Crippen molar-refractivity contribution in [3.8, 4) is 11.3 Å². The van der Waals surface area contributed by atoms with Crippen LogP contribution in [0.25, 0.3) is 11.3 Å². The lowest BCUT2D eigenvalue weighted by Gasteiger charge is -2.00. The second-order valence-corrected chi connectivity index (χ2v) is 6.76. The Morgan fingerprint density at radius 2 is 1.83 bits per heavy atom. The van der Waals surface area contributed by atoms with Crippen LogP contribution >= 0.6 is 11.3 Å². The summed E-state index contributed by atoms with van der Waals surface area (Å²) in [7, 11) is -3.18. The third-order valence-electron chi connectivity index (χ3n) is 2.38. The standard InChI is InChI=1S/C12H11NO3S2/c1-8(14)12-13-11(7-17-12)9-3-5-10(6-4-9)18(2,15)16/h3-7H,1-2H3. The Balaban J connectivity index is 2.37. The SMILES string of the molecule is CC(=O)c1nc(-c2ccc(S(C)(=O)=O)cc2)cs1. The van der Waals surface area contributed by atoms with Crippen LogP contribution in [0.5, 0.6) is 0 Å². The Bertz CT molecular complexity index is 684. The van der Waals surface area contributed by atoms with Crippen LogP contribution in [-0.2, 0) is 9.84 Å². The van der Waals surface area contributed by atoms with Gasteiger partial charge in [-0.1, -0.05) is 12.1 Å². The summed E-state index contributed by atoms with van der Waals surface area (Å²) in [5, 5.41) is 2.24. The molecule has 6 heteroatoms. The zero-order valence-corrected chi connectivity index (χ0v) is 11.5. The maximum atomic E-state index is 11.3. The van der Waals surface area contributed by atoms with Gasteiger partial charge in [-0.05, 0) is 12.1 Å². The topological polar surface area (TPSA) is 64.1 Å². The molecule has 2 aromatic rings. The number of carbonyl (C=O) groups excluding carboxylic acids is 1. The predicted molar refractivity (Wildman–Crippen MR) is 70.7 cm³/mol. The first-order valence-electron chi connectivity index (χ1n) is 5.15. The van der Waals surface area contributed by atoms with Gasteiger partial charge in [0.05, 0.1) is 10.6 Å². The second-order valence-electron chi connectivity index (χ2n) is 3.89. The van der Waals surface area contributed by atoms with Crippen LogP contribution < -0.4 is 0 Å². The summed E-state index contributed by atoms with van der Waals surface area (Å²) in [5.41, 5.74) is 1.48. The van der Waals surface area contributed by atoms with E-state index in [9.17, 15) is 13.2 Å². The minimum atomic E-state index is -3.18. The largest absolute Gasteiger partial charge is 0.292 e. The molecule has 0 saturated carbocycles. The van der Waals surface area contributed by atoms with Crippen LogP contribution in [0, 0.1) is 0 Å². The van der Waals surface area contributed by atoms with Gasteiger partial charge < -0.3 is 0 Å². The van der Waals surface area contributed by atoms with Gasteiger partial charge >= 0.3 is 0 Å². The average Bonchev–Trinajstić information content (AvgIpc) is 2.77. The molecule has 0 aliphatic heterocycles. The molecule has 0 atom stereocenters. The van der Waals surface area contributed by atoms with Crippen LogP contribution in [0.4, 0.5) is 0 Å². The Hall–Kier alpha value is -1.53. The van der Waals surface area contributed by atoms with Crippen molar-refractivity contribution in [3.05, 3.63) is 34.7 Å². The second kappa shape index (κ2) is 4.62. The number of benzene rings is 1. The molecule has 1 heterocycles. The number of Topliss-reactive ketones (excluding diaryl/α,β-unsaturated/α-hetero) is 1. The van der Waals surface area contributed by atoms with Gasteiger partial charge in [0.1, 0.15) is 0 Å². The van der Waals surface area contributed by atoms with Gasteiger partial charge in [0.2, 0.25) is 0 Å². The summed E-state index contributed by atoms with van der Waals surface area (Å²) in [6, 6.07) is 6.46. The maximum Gasteiger partial charge on any atom is 0.188 e. The zero-order valence-electron chi connectivity index (χ0n) is 9.88. The summed E-state index contributed by atoms with van der Waals surface area (Å²) < 4.78 is 22.6. The number of nitrogens with zero attached hydrogens (tertiary/aromatic N) is 1. The third-order valence-corrected chi connectivity index (χ3v) is 4.46. The normalized spacial score (nSPS) is 11.4. The highest BCUT2D eigenvalue weighted by Crippen LogP contribution is 2.23. The van der Waals surface area contributed by atoms with Crippen molar-refractivity contribution in [1.82, 2.24) is 4.98 Å². The molecular formula is C12H11NO3S2. The molecule has 0 bridgehead atoms. The van der Waals surface area contributed by atoms with E-state index in [1.165, 1.54) is 36.6 Å². The van der Waals surface area contributed by atoms with Gasteiger partial charge in [-0.25, -0.2) is 13.4 Å². The molecule has 0 radical (unpaired) electrons. The lowest BCUT2D eigenvalue weighted by molar-refractivity contribution is 0.101. The Kier molecular flexibility index (Phi) is 3.32. The monoisotopic (exact) mass is 281 g/mol. The zero-order chi connectivity index (χ0) is 13.3. The molecule has 1 aromatic heterocycles. The van der Waals surface area contributed by atoms with Crippen LogP contribution in [-0.4, -0.2) is 25.4 Å². The number of sulfone groups is 1. The van der Waals surface area contributed by atoms with Gasteiger partial charge in [-0.2, -0.15) is 0 Å².